The van der Waals surface area contributed by atoms with Crippen LogP contribution in [0.3, 0.4) is 0 Å². The number of oxime groups is 1. The summed E-state index contributed by atoms with van der Waals surface area (Å²) in [4.78, 5) is 8.01. The number of fused-ring (bicyclic) bond motifs is 1. The molecule has 1 fully saturated rings. The number of nitrogens with zero attached hydrogens (tertiary/aromatic N) is 4. The Balaban J connectivity index is 2.19. The van der Waals surface area contributed by atoms with E-state index < -0.39 is 30.6 Å². The fraction of sp³-hybridized carbons (Fsp3) is 0.462. The second-order valence-corrected chi connectivity index (χ2v) is 5.57. The molecule has 0 aromatic carbocycles. The normalized spacial score (nSPS) is 31.4. The minimum absolute atomic E-state index is 0.167. The molecule has 0 bridgehead atoms. The number of hydrogen-bond donors (Lipinski definition) is 5. The van der Waals surface area contributed by atoms with Gasteiger partial charge in [0.25, 0.3) is 0 Å². The average Bonchev–Trinajstić information content (AvgIpc) is 2.97. The van der Waals surface area contributed by atoms with Crippen LogP contribution in [0.2, 0.25) is 0 Å². The molecule has 0 aliphatic carbocycles. The van der Waals surface area contributed by atoms with E-state index >= 15 is 0 Å². The van der Waals surface area contributed by atoms with E-state index in [1.165, 1.54) is 24.0 Å². The summed E-state index contributed by atoms with van der Waals surface area (Å²) in [6.45, 7) is 0.948. The largest absolute Gasteiger partial charge is 0.411 e. The highest BCUT2D eigenvalue weighted by molar-refractivity contribution is 6.02. The van der Waals surface area contributed by atoms with Gasteiger partial charge in [-0.25, -0.2) is 9.97 Å². The number of aromatic nitrogens is 3. The maximum atomic E-state index is 10.6. The summed E-state index contributed by atoms with van der Waals surface area (Å²) >= 11 is 0. The van der Waals surface area contributed by atoms with Gasteiger partial charge in [-0.3, -0.25) is 0 Å². The van der Waals surface area contributed by atoms with Crippen LogP contribution in [0.15, 0.2) is 17.7 Å². The molecular formula is C13H17N5O5. The number of aliphatic hydroxyl groups excluding tert-OH is 2. The van der Waals surface area contributed by atoms with Gasteiger partial charge < -0.3 is 35.6 Å². The van der Waals surface area contributed by atoms with Crippen LogP contribution < -0.4 is 5.73 Å². The lowest BCUT2D eigenvalue weighted by Gasteiger charge is -2.27. The van der Waals surface area contributed by atoms with Crippen LogP contribution in [-0.4, -0.2) is 65.7 Å². The first kappa shape index (κ1) is 15.6. The number of anilines is 1. The highest BCUT2D eigenvalue weighted by Crippen LogP contribution is 2.40. The smallest absolute Gasteiger partial charge is 0.167 e. The standard InChI is InChI=1S/C13H17N5O5/c1-13(21)9(20)7(4-19)23-12(13)18-3-6(2-17-22)8-10(14)15-5-16-11(8)18/h2-3,5,7,9,12,19-22H,4H2,1H3,(H2,14,15,16)/b17-2+/t7?,9-,12?,13-/m1/s1. The van der Waals surface area contributed by atoms with Crippen molar-refractivity contribution in [2.45, 2.75) is 31.0 Å². The number of aliphatic hydroxyl groups is 3. The molecule has 124 valence electrons. The summed E-state index contributed by atoms with van der Waals surface area (Å²) in [5, 5.41) is 42.2. The first-order valence-corrected chi connectivity index (χ1v) is 6.87. The third kappa shape index (κ3) is 2.23. The second kappa shape index (κ2) is 5.42. The summed E-state index contributed by atoms with van der Waals surface area (Å²) in [5.41, 5.74) is 4.93. The van der Waals surface area contributed by atoms with Gasteiger partial charge in [0.1, 0.15) is 35.6 Å². The first-order chi connectivity index (χ1) is 10.9. The molecule has 2 aromatic rings. The molecule has 10 nitrogen and oxygen atoms in total. The Bertz CT molecular complexity index is 759. The Kier molecular flexibility index (Phi) is 3.68. The van der Waals surface area contributed by atoms with E-state index in [2.05, 4.69) is 15.1 Å². The van der Waals surface area contributed by atoms with Gasteiger partial charge in [0, 0.05) is 11.8 Å². The Morgan fingerprint density at radius 2 is 2.26 bits per heavy atom. The number of nitrogen functional groups attached to an aromatic ring is 1. The quantitative estimate of drug-likeness (QED) is 0.268. The van der Waals surface area contributed by atoms with E-state index in [4.69, 9.17) is 15.7 Å². The van der Waals surface area contributed by atoms with Crippen LogP contribution in [0.1, 0.15) is 18.7 Å². The van der Waals surface area contributed by atoms with Crippen molar-refractivity contribution in [2.24, 2.45) is 5.16 Å². The van der Waals surface area contributed by atoms with Crippen molar-refractivity contribution in [2.75, 3.05) is 12.3 Å². The Morgan fingerprint density at radius 1 is 1.52 bits per heavy atom. The lowest BCUT2D eigenvalue weighted by Crippen LogP contribution is -2.44. The Morgan fingerprint density at radius 3 is 2.87 bits per heavy atom. The molecule has 1 aliphatic heterocycles. The molecule has 10 heteroatoms. The van der Waals surface area contributed by atoms with E-state index in [9.17, 15) is 15.3 Å². The topological polar surface area (TPSA) is 159 Å². The van der Waals surface area contributed by atoms with Crippen LogP contribution in [-0.2, 0) is 4.74 Å². The highest BCUT2D eigenvalue weighted by Gasteiger charge is 2.53. The SMILES string of the molecule is C[C@]1(O)C(n2cc(/C=N/O)c3c(N)ncnc32)OC(CO)[C@H]1O. The van der Waals surface area contributed by atoms with E-state index in [1.807, 2.05) is 0 Å². The maximum absolute atomic E-state index is 10.6. The van der Waals surface area contributed by atoms with Crippen molar-refractivity contribution in [3.05, 3.63) is 18.1 Å². The average molecular weight is 323 g/mol. The van der Waals surface area contributed by atoms with E-state index in [0.717, 1.165) is 6.21 Å². The summed E-state index contributed by atoms with van der Waals surface area (Å²) in [7, 11) is 0. The van der Waals surface area contributed by atoms with Crippen molar-refractivity contribution < 1.29 is 25.3 Å². The number of ether oxygens (including phenoxy) is 1. The third-order valence-electron chi connectivity index (χ3n) is 4.05. The predicted octanol–water partition coefficient (Wildman–Crippen LogP) is -1.18. The monoisotopic (exact) mass is 323 g/mol. The molecule has 23 heavy (non-hydrogen) atoms. The van der Waals surface area contributed by atoms with Gasteiger partial charge in [0.2, 0.25) is 0 Å². The van der Waals surface area contributed by atoms with Crippen molar-refractivity contribution >= 4 is 23.1 Å². The highest BCUT2D eigenvalue weighted by atomic mass is 16.6. The van der Waals surface area contributed by atoms with Crippen LogP contribution in [0.25, 0.3) is 11.0 Å². The Hall–Kier alpha value is -2.27. The minimum atomic E-state index is -1.67. The van der Waals surface area contributed by atoms with Gasteiger partial charge in [0.15, 0.2) is 6.23 Å². The molecule has 2 unspecified atom stereocenters. The minimum Gasteiger partial charge on any atom is -0.411 e. The number of rotatable bonds is 3. The zero-order chi connectivity index (χ0) is 16.8. The fourth-order valence-electron chi connectivity index (χ4n) is 2.87. The molecule has 0 spiro atoms. The van der Waals surface area contributed by atoms with Crippen LogP contribution >= 0.6 is 0 Å². The van der Waals surface area contributed by atoms with Gasteiger partial charge in [-0.2, -0.15) is 0 Å². The molecule has 0 saturated carbocycles. The van der Waals surface area contributed by atoms with E-state index in [0.29, 0.717) is 16.6 Å². The number of hydrogen-bond acceptors (Lipinski definition) is 9. The fourth-order valence-corrected chi connectivity index (χ4v) is 2.87. The zero-order valence-electron chi connectivity index (χ0n) is 12.2. The van der Waals surface area contributed by atoms with E-state index in [-0.39, 0.29) is 5.82 Å². The molecule has 4 atom stereocenters. The maximum Gasteiger partial charge on any atom is 0.167 e. The first-order valence-electron chi connectivity index (χ1n) is 6.87. The molecule has 6 N–H and O–H groups in total. The van der Waals surface area contributed by atoms with Gasteiger partial charge in [0.05, 0.1) is 18.2 Å². The van der Waals surface area contributed by atoms with Crippen molar-refractivity contribution in [3.63, 3.8) is 0 Å². The Labute approximate surface area is 130 Å². The summed E-state index contributed by atoms with van der Waals surface area (Å²) in [6.07, 6.45) is 0.666. The molecular weight excluding hydrogens is 306 g/mol. The molecule has 2 aromatic heterocycles. The van der Waals surface area contributed by atoms with E-state index in [1.54, 1.807) is 0 Å². The zero-order valence-corrected chi connectivity index (χ0v) is 12.2. The van der Waals surface area contributed by atoms with Crippen LogP contribution in [0.4, 0.5) is 5.82 Å². The summed E-state index contributed by atoms with van der Waals surface area (Å²) in [5.74, 6) is 0.167. The molecule has 3 rings (SSSR count). The van der Waals surface area contributed by atoms with Crippen molar-refractivity contribution in [1.29, 1.82) is 0 Å². The van der Waals surface area contributed by atoms with Gasteiger partial charge in [-0.05, 0) is 6.92 Å². The van der Waals surface area contributed by atoms with Gasteiger partial charge >= 0.3 is 0 Å². The van der Waals surface area contributed by atoms with Crippen LogP contribution in [0.5, 0.6) is 0 Å². The van der Waals surface area contributed by atoms with Gasteiger partial charge in [-0.1, -0.05) is 5.16 Å². The summed E-state index contributed by atoms with van der Waals surface area (Å²) < 4.78 is 7.03. The van der Waals surface area contributed by atoms with Crippen molar-refractivity contribution in [3.8, 4) is 0 Å². The van der Waals surface area contributed by atoms with Gasteiger partial charge in [-0.15, -0.1) is 0 Å². The predicted molar refractivity (Wildman–Crippen MR) is 78.9 cm³/mol. The lowest BCUT2D eigenvalue weighted by molar-refractivity contribution is -0.0948. The number of nitrogens with two attached hydrogens (primary N) is 1. The van der Waals surface area contributed by atoms with Crippen LogP contribution in [0, 0.1) is 0 Å². The molecule has 3 heterocycles. The summed E-state index contributed by atoms with van der Waals surface area (Å²) in [6, 6.07) is 0. The lowest BCUT2D eigenvalue weighted by atomic mass is 9.96. The molecule has 0 radical (unpaired) electrons. The van der Waals surface area contributed by atoms with Crippen molar-refractivity contribution in [1.82, 2.24) is 14.5 Å². The second-order valence-electron chi connectivity index (χ2n) is 5.57. The molecule has 0 amide bonds. The molecule has 1 aliphatic rings. The third-order valence-corrected chi connectivity index (χ3v) is 4.05. The molecule has 1 saturated heterocycles.